The van der Waals surface area contributed by atoms with Gasteiger partial charge in [0.25, 0.3) is 5.91 Å². The van der Waals surface area contributed by atoms with E-state index in [1.807, 2.05) is 0 Å². The number of benzene rings is 1. The lowest BCUT2D eigenvalue weighted by Gasteiger charge is -2.16. The fourth-order valence-electron chi connectivity index (χ4n) is 1.34. The van der Waals surface area contributed by atoms with Crippen LogP contribution in [0.3, 0.4) is 0 Å². The molecule has 0 spiro atoms. The maximum absolute atomic E-state index is 11.7. The van der Waals surface area contributed by atoms with Crippen molar-refractivity contribution in [2.45, 2.75) is 26.0 Å². The molecule has 0 bridgehead atoms. The molecule has 108 valence electrons. The van der Waals surface area contributed by atoms with E-state index in [0.717, 1.165) is 0 Å². The lowest BCUT2D eigenvalue weighted by atomic mass is 10.2. The quantitative estimate of drug-likeness (QED) is 0.592. The third-order valence-electron chi connectivity index (χ3n) is 2.46. The number of carboxylic acid groups (broad SMARTS) is 1. The van der Waals surface area contributed by atoms with Gasteiger partial charge in [-0.3, -0.25) is 19.7 Å². The number of nitrogens with zero attached hydrogens (tertiary/aromatic N) is 1. The second-order valence-electron chi connectivity index (χ2n) is 4.05. The fraction of sp³-hybridized carbons (Fsp3) is 0.333. The first kappa shape index (κ1) is 15.4. The first-order valence-electron chi connectivity index (χ1n) is 5.76. The monoisotopic (exact) mass is 282 g/mol. The molecule has 1 rings (SSSR count). The number of nitro benzene ring substituents is 1. The van der Waals surface area contributed by atoms with Crippen molar-refractivity contribution < 1.29 is 24.4 Å². The van der Waals surface area contributed by atoms with Gasteiger partial charge in [0.15, 0.2) is 11.9 Å². The predicted molar refractivity (Wildman–Crippen MR) is 68.4 cm³/mol. The standard InChI is InChI=1S/C12H14N2O6/c1-7(12(16)17)13-11(15)8(2)20-10-6-4-3-5-9(10)14(18)19/h3-8H,1-2H3,(H,13,15)(H,16,17). The van der Waals surface area contributed by atoms with Crippen molar-refractivity contribution in [2.24, 2.45) is 0 Å². The van der Waals surface area contributed by atoms with E-state index in [2.05, 4.69) is 5.32 Å². The summed E-state index contributed by atoms with van der Waals surface area (Å²) in [7, 11) is 0. The molecule has 0 aromatic heterocycles. The Morgan fingerprint density at radius 2 is 1.95 bits per heavy atom. The van der Waals surface area contributed by atoms with Gasteiger partial charge in [0.2, 0.25) is 0 Å². The van der Waals surface area contributed by atoms with Crippen molar-refractivity contribution in [1.29, 1.82) is 0 Å². The molecule has 0 heterocycles. The van der Waals surface area contributed by atoms with Gasteiger partial charge in [0, 0.05) is 6.07 Å². The predicted octanol–water partition coefficient (Wildman–Crippen LogP) is 0.951. The fourth-order valence-corrected chi connectivity index (χ4v) is 1.34. The van der Waals surface area contributed by atoms with Crippen LogP contribution in [-0.2, 0) is 9.59 Å². The molecule has 0 aliphatic carbocycles. The summed E-state index contributed by atoms with van der Waals surface area (Å²) in [6.07, 6.45) is -1.06. The average molecular weight is 282 g/mol. The van der Waals surface area contributed by atoms with Gasteiger partial charge in [-0.25, -0.2) is 0 Å². The van der Waals surface area contributed by atoms with Crippen LogP contribution in [0, 0.1) is 10.1 Å². The molecule has 2 N–H and O–H groups in total. The lowest BCUT2D eigenvalue weighted by molar-refractivity contribution is -0.386. The number of carbonyl (C=O) groups excluding carboxylic acids is 1. The molecule has 1 aromatic rings. The van der Waals surface area contributed by atoms with E-state index in [-0.39, 0.29) is 11.4 Å². The number of hydrogen-bond donors (Lipinski definition) is 2. The van der Waals surface area contributed by atoms with E-state index in [0.29, 0.717) is 0 Å². The molecule has 8 nitrogen and oxygen atoms in total. The average Bonchev–Trinajstić information content (AvgIpc) is 2.38. The van der Waals surface area contributed by atoms with Crippen molar-refractivity contribution in [3.8, 4) is 5.75 Å². The topological polar surface area (TPSA) is 119 Å². The van der Waals surface area contributed by atoms with Gasteiger partial charge in [0.05, 0.1) is 4.92 Å². The third-order valence-corrected chi connectivity index (χ3v) is 2.46. The van der Waals surface area contributed by atoms with Crippen LogP contribution in [0.2, 0.25) is 0 Å². The smallest absolute Gasteiger partial charge is 0.325 e. The maximum Gasteiger partial charge on any atom is 0.325 e. The summed E-state index contributed by atoms with van der Waals surface area (Å²) in [4.78, 5) is 32.5. The number of ether oxygens (including phenoxy) is 1. The number of hydrogen-bond acceptors (Lipinski definition) is 5. The summed E-state index contributed by atoms with van der Waals surface area (Å²) < 4.78 is 5.20. The molecule has 2 unspecified atom stereocenters. The van der Waals surface area contributed by atoms with E-state index in [1.165, 1.54) is 38.1 Å². The van der Waals surface area contributed by atoms with E-state index in [9.17, 15) is 19.7 Å². The van der Waals surface area contributed by atoms with Crippen molar-refractivity contribution in [2.75, 3.05) is 0 Å². The molecule has 1 amide bonds. The number of carbonyl (C=O) groups is 2. The van der Waals surface area contributed by atoms with Crippen LogP contribution >= 0.6 is 0 Å². The van der Waals surface area contributed by atoms with Crippen molar-refractivity contribution in [1.82, 2.24) is 5.32 Å². The molecule has 8 heteroatoms. The minimum absolute atomic E-state index is 0.0527. The van der Waals surface area contributed by atoms with Crippen LogP contribution in [0.4, 0.5) is 5.69 Å². The minimum atomic E-state index is -1.18. The molecule has 20 heavy (non-hydrogen) atoms. The zero-order chi connectivity index (χ0) is 15.3. The number of para-hydroxylation sites is 2. The van der Waals surface area contributed by atoms with E-state index in [1.54, 1.807) is 0 Å². The molecule has 0 saturated carbocycles. The van der Waals surface area contributed by atoms with Gasteiger partial charge in [-0.15, -0.1) is 0 Å². The van der Waals surface area contributed by atoms with Crippen LogP contribution in [-0.4, -0.2) is 34.1 Å². The van der Waals surface area contributed by atoms with Crippen LogP contribution in [0.5, 0.6) is 5.75 Å². The Morgan fingerprint density at radius 3 is 2.50 bits per heavy atom. The maximum atomic E-state index is 11.7. The molecular formula is C12H14N2O6. The largest absolute Gasteiger partial charge is 0.480 e. The Morgan fingerprint density at radius 1 is 1.35 bits per heavy atom. The minimum Gasteiger partial charge on any atom is -0.480 e. The van der Waals surface area contributed by atoms with Gasteiger partial charge in [-0.1, -0.05) is 12.1 Å². The normalized spacial score (nSPS) is 13.1. The second-order valence-corrected chi connectivity index (χ2v) is 4.05. The molecule has 0 radical (unpaired) electrons. The number of amides is 1. The van der Waals surface area contributed by atoms with E-state index in [4.69, 9.17) is 9.84 Å². The Kier molecular flexibility index (Phi) is 5.01. The van der Waals surface area contributed by atoms with Crippen molar-refractivity contribution in [3.05, 3.63) is 34.4 Å². The summed E-state index contributed by atoms with van der Waals surface area (Å²) in [5, 5.41) is 21.7. The molecule has 1 aromatic carbocycles. The molecule has 2 atom stereocenters. The summed E-state index contributed by atoms with van der Waals surface area (Å²) in [5.41, 5.74) is -0.265. The second kappa shape index (κ2) is 6.50. The van der Waals surface area contributed by atoms with Crippen LogP contribution < -0.4 is 10.1 Å². The number of nitro groups is 1. The highest BCUT2D eigenvalue weighted by Crippen LogP contribution is 2.26. The SMILES string of the molecule is CC(NC(=O)C(C)Oc1ccccc1[N+](=O)[O-])C(=O)O. The van der Waals surface area contributed by atoms with Gasteiger partial charge < -0.3 is 15.2 Å². The zero-order valence-electron chi connectivity index (χ0n) is 10.9. The summed E-state index contributed by atoms with van der Waals surface area (Å²) in [6.45, 7) is 2.68. The van der Waals surface area contributed by atoms with Crippen molar-refractivity contribution >= 4 is 17.6 Å². The van der Waals surface area contributed by atoms with E-state index < -0.39 is 28.9 Å². The molecule has 0 saturated heterocycles. The highest BCUT2D eigenvalue weighted by molar-refractivity contribution is 5.86. The number of carboxylic acids is 1. The Bertz CT molecular complexity index is 530. The van der Waals surface area contributed by atoms with Crippen LogP contribution in [0.25, 0.3) is 0 Å². The van der Waals surface area contributed by atoms with E-state index >= 15 is 0 Å². The van der Waals surface area contributed by atoms with Gasteiger partial charge >= 0.3 is 11.7 Å². The number of nitrogens with one attached hydrogen (secondary N) is 1. The lowest BCUT2D eigenvalue weighted by Crippen LogP contribution is -2.44. The Balaban J connectivity index is 2.76. The van der Waals surface area contributed by atoms with Gasteiger partial charge in [-0.05, 0) is 19.9 Å². The molecule has 0 aliphatic rings. The van der Waals surface area contributed by atoms with Crippen LogP contribution in [0.1, 0.15) is 13.8 Å². The summed E-state index contributed by atoms with van der Waals surface area (Å²) in [6, 6.07) is 4.55. The first-order valence-corrected chi connectivity index (χ1v) is 5.76. The summed E-state index contributed by atoms with van der Waals surface area (Å²) in [5.74, 6) is -1.91. The first-order chi connectivity index (χ1) is 9.32. The van der Waals surface area contributed by atoms with Crippen LogP contribution in [0.15, 0.2) is 24.3 Å². The molecule has 0 aliphatic heterocycles. The highest BCUT2D eigenvalue weighted by Gasteiger charge is 2.23. The molecule has 0 fully saturated rings. The third kappa shape index (κ3) is 3.94. The van der Waals surface area contributed by atoms with Crippen molar-refractivity contribution in [3.63, 3.8) is 0 Å². The zero-order valence-corrected chi connectivity index (χ0v) is 10.9. The van der Waals surface area contributed by atoms with Gasteiger partial charge in [-0.2, -0.15) is 0 Å². The number of aliphatic carboxylic acids is 1. The highest BCUT2D eigenvalue weighted by atomic mass is 16.6. The Hall–Kier alpha value is -2.64. The van der Waals surface area contributed by atoms with Gasteiger partial charge in [0.1, 0.15) is 6.04 Å². The number of rotatable bonds is 6. The summed E-state index contributed by atoms with van der Waals surface area (Å²) >= 11 is 0. The molecular weight excluding hydrogens is 268 g/mol. The Labute approximate surface area is 114 Å².